The van der Waals surface area contributed by atoms with Crippen LogP contribution in [0, 0.1) is 0 Å². The van der Waals surface area contributed by atoms with Crippen LogP contribution >= 0.6 is 0 Å². The molecule has 0 aliphatic rings. The zero-order valence-electron chi connectivity index (χ0n) is 10.3. The van der Waals surface area contributed by atoms with Crippen molar-refractivity contribution in [1.82, 2.24) is 10.3 Å². The number of hydrogen-bond donors (Lipinski definition) is 2. The van der Waals surface area contributed by atoms with Crippen LogP contribution < -0.4 is 5.32 Å². The second-order valence-corrected chi connectivity index (χ2v) is 4.30. The van der Waals surface area contributed by atoms with Crippen molar-refractivity contribution in [1.29, 1.82) is 0 Å². The monoisotopic (exact) mass is 244 g/mol. The molecule has 0 spiro atoms. The number of nitrogens with one attached hydrogen (secondary N) is 1. The predicted molar refractivity (Wildman–Crippen MR) is 70.4 cm³/mol. The summed E-state index contributed by atoms with van der Waals surface area (Å²) in [6, 6.07) is 9.15. The number of aliphatic hydroxyl groups excluding tert-OH is 1. The Bertz CT molecular complexity index is 554. The van der Waals surface area contributed by atoms with E-state index in [9.17, 15) is 4.79 Å². The van der Waals surface area contributed by atoms with Gasteiger partial charge in [0.1, 0.15) is 0 Å². The maximum Gasteiger partial charge on any atom is 0.251 e. The number of rotatable bonds is 4. The van der Waals surface area contributed by atoms with Crippen molar-refractivity contribution < 1.29 is 9.90 Å². The van der Waals surface area contributed by atoms with E-state index in [-0.39, 0.29) is 18.6 Å². The lowest BCUT2D eigenvalue weighted by Crippen LogP contribution is -2.33. The van der Waals surface area contributed by atoms with Crippen LogP contribution in [0.5, 0.6) is 0 Å². The average molecular weight is 244 g/mol. The Morgan fingerprint density at radius 3 is 3.06 bits per heavy atom. The Kier molecular flexibility index (Phi) is 3.89. The van der Waals surface area contributed by atoms with Crippen molar-refractivity contribution in [2.24, 2.45) is 0 Å². The lowest BCUT2D eigenvalue weighted by molar-refractivity contribution is 0.0934. The zero-order valence-corrected chi connectivity index (χ0v) is 10.3. The Morgan fingerprint density at radius 2 is 2.28 bits per heavy atom. The molecule has 0 bridgehead atoms. The number of aliphatic hydroxyl groups is 1. The summed E-state index contributed by atoms with van der Waals surface area (Å²) in [5, 5.41) is 12.6. The highest BCUT2D eigenvalue weighted by atomic mass is 16.3. The molecule has 2 aromatic rings. The average Bonchev–Trinajstić information content (AvgIpc) is 2.38. The second-order valence-electron chi connectivity index (χ2n) is 4.30. The first-order valence-electron chi connectivity index (χ1n) is 5.97. The maximum atomic E-state index is 12.0. The Morgan fingerprint density at radius 1 is 1.44 bits per heavy atom. The minimum Gasteiger partial charge on any atom is -0.396 e. The van der Waals surface area contributed by atoms with Gasteiger partial charge in [-0.2, -0.15) is 0 Å². The molecule has 4 heteroatoms. The lowest BCUT2D eigenvalue weighted by Gasteiger charge is -2.12. The van der Waals surface area contributed by atoms with E-state index >= 15 is 0 Å². The summed E-state index contributed by atoms with van der Waals surface area (Å²) in [5.41, 5.74) is 1.48. The summed E-state index contributed by atoms with van der Waals surface area (Å²) in [5.74, 6) is -0.123. The molecule has 0 aliphatic heterocycles. The third kappa shape index (κ3) is 2.84. The first-order valence-corrected chi connectivity index (χ1v) is 5.97. The molecule has 1 amide bonds. The molecule has 1 aromatic carbocycles. The van der Waals surface area contributed by atoms with Crippen molar-refractivity contribution in [3.05, 3.63) is 42.1 Å². The number of nitrogens with zero attached hydrogens (tertiary/aromatic N) is 1. The molecule has 0 saturated carbocycles. The predicted octanol–water partition coefficient (Wildman–Crippen LogP) is 1.74. The fraction of sp³-hybridized carbons (Fsp3) is 0.286. The number of pyridine rings is 1. The highest BCUT2D eigenvalue weighted by molar-refractivity contribution is 5.98. The van der Waals surface area contributed by atoms with Crippen molar-refractivity contribution in [2.75, 3.05) is 6.61 Å². The zero-order chi connectivity index (χ0) is 13.0. The molecule has 4 nitrogen and oxygen atoms in total. The molecule has 1 aromatic heterocycles. The molecule has 94 valence electrons. The molecule has 0 saturated heterocycles. The van der Waals surface area contributed by atoms with Crippen LogP contribution in [0.1, 0.15) is 23.7 Å². The highest BCUT2D eigenvalue weighted by Crippen LogP contribution is 2.13. The van der Waals surface area contributed by atoms with Crippen LogP contribution in [-0.2, 0) is 0 Å². The van der Waals surface area contributed by atoms with Crippen molar-refractivity contribution in [2.45, 2.75) is 19.4 Å². The molecule has 0 fully saturated rings. The summed E-state index contributed by atoms with van der Waals surface area (Å²) < 4.78 is 0. The molecular formula is C14H16N2O2. The van der Waals surface area contributed by atoms with Crippen LogP contribution in [0.25, 0.3) is 10.9 Å². The number of fused-ring (bicyclic) bond motifs is 1. The minimum atomic E-state index is -0.123. The van der Waals surface area contributed by atoms with Gasteiger partial charge < -0.3 is 10.4 Å². The van der Waals surface area contributed by atoms with Gasteiger partial charge in [0, 0.05) is 29.8 Å². The molecule has 0 aliphatic carbocycles. The fourth-order valence-electron chi connectivity index (χ4n) is 1.79. The van der Waals surface area contributed by atoms with Gasteiger partial charge in [0.25, 0.3) is 5.91 Å². The summed E-state index contributed by atoms with van der Waals surface area (Å²) in [6.07, 6.45) is 2.28. The molecule has 18 heavy (non-hydrogen) atoms. The summed E-state index contributed by atoms with van der Waals surface area (Å²) in [4.78, 5) is 16.2. The number of aromatic nitrogens is 1. The Balaban J connectivity index is 2.17. The van der Waals surface area contributed by atoms with E-state index in [1.54, 1.807) is 12.3 Å². The molecule has 1 atom stereocenters. The SMILES string of the molecule is C[C@H](CCO)NC(=O)c1ccc2ncccc2c1. The fourth-order valence-corrected chi connectivity index (χ4v) is 1.79. The number of hydrogen-bond acceptors (Lipinski definition) is 3. The third-order valence-electron chi connectivity index (χ3n) is 2.80. The Labute approximate surface area is 106 Å². The van der Waals surface area contributed by atoms with E-state index in [4.69, 9.17) is 5.11 Å². The standard InChI is InChI=1S/C14H16N2O2/c1-10(6-8-17)16-14(18)12-4-5-13-11(9-12)3-2-7-15-13/h2-5,7,9-10,17H,6,8H2,1H3,(H,16,18)/t10-/m1/s1. The summed E-state index contributed by atoms with van der Waals surface area (Å²) in [7, 11) is 0. The largest absolute Gasteiger partial charge is 0.396 e. The lowest BCUT2D eigenvalue weighted by atomic mass is 10.1. The quantitative estimate of drug-likeness (QED) is 0.861. The number of carbonyl (C=O) groups is 1. The second kappa shape index (κ2) is 5.60. The molecule has 0 unspecified atom stereocenters. The van der Waals surface area contributed by atoms with E-state index in [0.717, 1.165) is 10.9 Å². The molecule has 0 radical (unpaired) electrons. The molecule has 1 heterocycles. The van der Waals surface area contributed by atoms with Gasteiger partial charge in [-0.1, -0.05) is 6.07 Å². The normalized spacial score (nSPS) is 12.3. The topological polar surface area (TPSA) is 62.2 Å². The number of benzene rings is 1. The van der Waals surface area contributed by atoms with Gasteiger partial charge in [0.15, 0.2) is 0 Å². The molecule has 2 rings (SSSR count). The van der Waals surface area contributed by atoms with E-state index < -0.39 is 0 Å². The first kappa shape index (κ1) is 12.5. The van der Waals surface area contributed by atoms with Gasteiger partial charge in [0.05, 0.1) is 5.52 Å². The summed E-state index contributed by atoms with van der Waals surface area (Å²) >= 11 is 0. The smallest absolute Gasteiger partial charge is 0.251 e. The highest BCUT2D eigenvalue weighted by Gasteiger charge is 2.09. The van der Waals surface area contributed by atoms with E-state index in [1.165, 1.54) is 0 Å². The van der Waals surface area contributed by atoms with Gasteiger partial charge in [-0.05, 0) is 37.6 Å². The van der Waals surface area contributed by atoms with Gasteiger partial charge in [-0.15, -0.1) is 0 Å². The van der Waals surface area contributed by atoms with E-state index in [2.05, 4.69) is 10.3 Å². The first-order chi connectivity index (χ1) is 8.70. The maximum absolute atomic E-state index is 12.0. The van der Waals surface area contributed by atoms with Gasteiger partial charge >= 0.3 is 0 Å². The van der Waals surface area contributed by atoms with E-state index in [1.807, 2.05) is 31.2 Å². The number of carbonyl (C=O) groups excluding carboxylic acids is 1. The van der Waals surface area contributed by atoms with Crippen LogP contribution in [-0.4, -0.2) is 28.6 Å². The molecular weight excluding hydrogens is 228 g/mol. The Hall–Kier alpha value is -1.94. The minimum absolute atomic E-state index is 0.0351. The van der Waals surface area contributed by atoms with E-state index in [0.29, 0.717) is 12.0 Å². The van der Waals surface area contributed by atoms with Crippen molar-refractivity contribution in [3.8, 4) is 0 Å². The van der Waals surface area contributed by atoms with Crippen molar-refractivity contribution >= 4 is 16.8 Å². The van der Waals surface area contributed by atoms with Crippen LogP contribution in [0.4, 0.5) is 0 Å². The van der Waals surface area contributed by atoms with Crippen molar-refractivity contribution in [3.63, 3.8) is 0 Å². The summed E-state index contributed by atoms with van der Waals surface area (Å²) in [6.45, 7) is 1.94. The molecule has 2 N–H and O–H groups in total. The third-order valence-corrected chi connectivity index (χ3v) is 2.80. The number of amides is 1. The van der Waals surface area contributed by atoms with Crippen LogP contribution in [0.2, 0.25) is 0 Å². The van der Waals surface area contributed by atoms with Gasteiger partial charge in [0.2, 0.25) is 0 Å². The van der Waals surface area contributed by atoms with Gasteiger partial charge in [-0.3, -0.25) is 9.78 Å². The van der Waals surface area contributed by atoms with Crippen LogP contribution in [0.15, 0.2) is 36.5 Å². The van der Waals surface area contributed by atoms with Crippen LogP contribution in [0.3, 0.4) is 0 Å². The van der Waals surface area contributed by atoms with Gasteiger partial charge in [-0.25, -0.2) is 0 Å².